The summed E-state index contributed by atoms with van der Waals surface area (Å²) in [7, 11) is 4.36. The van der Waals surface area contributed by atoms with E-state index in [-0.39, 0.29) is 0 Å². The van der Waals surface area contributed by atoms with Gasteiger partial charge in [-0.1, -0.05) is 13.8 Å². The average molecular weight is 213 g/mol. The minimum atomic E-state index is 0.672. The predicted molar refractivity (Wildman–Crippen MR) is 66.2 cm³/mol. The van der Waals surface area contributed by atoms with E-state index in [0.717, 1.165) is 19.0 Å². The quantitative estimate of drug-likeness (QED) is 0.687. The summed E-state index contributed by atoms with van der Waals surface area (Å²) < 4.78 is 0. The highest BCUT2D eigenvalue weighted by Gasteiger charge is 2.17. The maximum atomic E-state index is 3.66. The molecule has 90 valence electrons. The fourth-order valence-electron chi connectivity index (χ4n) is 2.15. The monoisotopic (exact) mass is 213 g/mol. The highest BCUT2D eigenvalue weighted by molar-refractivity contribution is 4.80. The fraction of sp³-hybridized carbons (Fsp3) is 1.00. The van der Waals surface area contributed by atoms with Crippen LogP contribution in [-0.2, 0) is 0 Å². The minimum Gasteiger partial charge on any atom is -0.315 e. The number of hydrogen-bond donors (Lipinski definition) is 2. The second-order valence-corrected chi connectivity index (χ2v) is 5.34. The first-order valence-corrected chi connectivity index (χ1v) is 6.20. The van der Waals surface area contributed by atoms with Crippen LogP contribution in [0.3, 0.4) is 0 Å². The summed E-state index contributed by atoms with van der Waals surface area (Å²) in [5.41, 5.74) is 0. The van der Waals surface area contributed by atoms with Gasteiger partial charge >= 0.3 is 0 Å². The molecule has 1 rings (SSSR count). The van der Waals surface area contributed by atoms with E-state index in [4.69, 9.17) is 0 Å². The van der Waals surface area contributed by atoms with Gasteiger partial charge in [0.25, 0.3) is 0 Å². The second-order valence-electron chi connectivity index (χ2n) is 5.34. The molecule has 0 aromatic carbocycles. The molecule has 0 aromatic heterocycles. The van der Waals surface area contributed by atoms with Crippen LogP contribution >= 0.6 is 0 Å². The van der Waals surface area contributed by atoms with E-state index in [1.54, 1.807) is 0 Å². The van der Waals surface area contributed by atoms with Gasteiger partial charge < -0.3 is 15.5 Å². The van der Waals surface area contributed by atoms with Crippen molar-refractivity contribution < 1.29 is 0 Å². The number of rotatable bonds is 6. The lowest BCUT2D eigenvalue weighted by molar-refractivity contribution is 0.241. The Morgan fingerprint density at radius 2 is 2.13 bits per heavy atom. The lowest BCUT2D eigenvalue weighted by atomic mass is 10.0. The van der Waals surface area contributed by atoms with Gasteiger partial charge in [0.05, 0.1) is 0 Å². The molecule has 0 bridgehead atoms. The molecule has 2 unspecified atom stereocenters. The molecule has 0 amide bonds. The fourth-order valence-corrected chi connectivity index (χ4v) is 2.15. The smallest absolute Gasteiger partial charge is 0.0217 e. The van der Waals surface area contributed by atoms with Gasteiger partial charge in [0, 0.05) is 25.2 Å². The van der Waals surface area contributed by atoms with E-state index in [9.17, 15) is 0 Å². The molecule has 1 aliphatic heterocycles. The Morgan fingerprint density at radius 1 is 1.40 bits per heavy atom. The normalized spacial score (nSPS) is 24.0. The van der Waals surface area contributed by atoms with Crippen molar-refractivity contribution in [3.8, 4) is 0 Å². The number of hydrogen-bond acceptors (Lipinski definition) is 3. The van der Waals surface area contributed by atoms with E-state index in [1.165, 1.54) is 19.4 Å². The van der Waals surface area contributed by atoms with Crippen molar-refractivity contribution in [2.24, 2.45) is 5.92 Å². The molecule has 0 aliphatic carbocycles. The van der Waals surface area contributed by atoms with Crippen molar-refractivity contribution in [3.05, 3.63) is 0 Å². The SMILES string of the molecule is CC(C)CC(CNC1CCNC1)N(C)C. The minimum absolute atomic E-state index is 0.672. The highest BCUT2D eigenvalue weighted by Crippen LogP contribution is 2.09. The molecule has 2 N–H and O–H groups in total. The van der Waals surface area contributed by atoms with Crippen LogP contribution in [0, 0.1) is 5.92 Å². The largest absolute Gasteiger partial charge is 0.315 e. The summed E-state index contributed by atoms with van der Waals surface area (Å²) in [4.78, 5) is 2.34. The van der Waals surface area contributed by atoms with E-state index < -0.39 is 0 Å². The molecule has 2 atom stereocenters. The van der Waals surface area contributed by atoms with Gasteiger partial charge in [0.15, 0.2) is 0 Å². The number of nitrogens with one attached hydrogen (secondary N) is 2. The van der Waals surface area contributed by atoms with Crippen LogP contribution in [-0.4, -0.2) is 50.7 Å². The van der Waals surface area contributed by atoms with Crippen LogP contribution in [0.1, 0.15) is 26.7 Å². The van der Waals surface area contributed by atoms with Crippen molar-refractivity contribution in [2.75, 3.05) is 33.7 Å². The van der Waals surface area contributed by atoms with Crippen molar-refractivity contribution in [1.82, 2.24) is 15.5 Å². The topological polar surface area (TPSA) is 27.3 Å². The van der Waals surface area contributed by atoms with Crippen LogP contribution < -0.4 is 10.6 Å². The Bertz CT molecular complexity index is 162. The molecule has 1 heterocycles. The molecule has 1 aliphatic rings. The molecule has 0 aromatic rings. The van der Waals surface area contributed by atoms with Crippen LogP contribution in [0.15, 0.2) is 0 Å². The Hall–Kier alpha value is -0.120. The molecule has 3 nitrogen and oxygen atoms in total. The summed E-state index contributed by atoms with van der Waals surface area (Å²) in [6.07, 6.45) is 2.56. The molecule has 1 saturated heterocycles. The van der Waals surface area contributed by atoms with Crippen LogP contribution in [0.4, 0.5) is 0 Å². The lowest BCUT2D eigenvalue weighted by Crippen LogP contribution is -2.43. The summed E-state index contributed by atoms with van der Waals surface area (Å²) >= 11 is 0. The first kappa shape index (κ1) is 12.9. The Balaban J connectivity index is 2.24. The average Bonchev–Trinajstić information content (AvgIpc) is 2.63. The standard InChI is InChI=1S/C12H27N3/c1-10(2)7-12(15(3)4)9-14-11-5-6-13-8-11/h10-14H,5-9H2,1-4H3. The highest BCUT2D eigenvalue weighted by atomic mass is 15.1. The van der Waals surface area contributed by atoms with Gasteiger partial charge in [0.1, 0.15) is 0 Å². The summed E-state index contributed by atoms with van der Waals surface area (Å²) in [6.45, 7) is 8.04. The first-order valence-electron chi connectivity index (χ1n) is 6.20. The molecule has 3 heteroatoms. The van der Waals surface area contributed by atoms with Gasteiger partial charge in [0.2, 0.25) is 0 Å². The zero-order valence-electron chi connectivity index (χ0n) is 10.7. The van der Waals surface area contributed by atoms with Gasteiger partial charge in [-0.05, 0) is 39.4 Å². The molecular formula is C12H27N3. The zero-order chi connectivity index (χ0) is 11.3. The molecule has 0 saturated carbocycles. The summed E-state index contributed by atoms with van der Waals surface area (Å²) in [5.74, 6) is 0.779. The van der Waals surface area contributed by atoms with Crippen molar-refractivity contribution >= 4 is 0 Å². The maximum Gasteiger partial charge on any atom is 0.0217 e. The van der Waals surface area contributed by atoms with Crippen molar-refractivity contribution in [1.29, 1.82) is 0 Å². The Morgan fingerprint density at radius 3 is 2.60 bits per heavy atom. The summed E-state index contributed by atoms with van der Waals surface area (Å²) in [5, 5.41) is 7.05. The second kappa shape index (κ2) is 6.46. The van der Waals surface area contributed by atoms with Crippen molar-refractivity contribution in [3.63, 3.8) is 0 Å². The van der Waals surface area contributed by atoms with E-state index in [2.05, 4.69) is 43.5 Å². The Labute approximate surface area is 94.6 Å². The summed E-state index contributed by atoms with van der Waals surface area (Å²) in [6, 6.07) is 1.37. The molecule has 1 fully saturated rings. The molecule has 0 spiro atoms. The lowest BCUT2D eigenvalue weighted by Gasteiger charge is -2.27. The third kappa shape index (κ3) is 4.96. The predicted octanol–water partition coefficient (Wildman–Crippen LogP) is 0.914. The van der Waals surface area contributed by atoms with Gasteiger partial charge in [-0.2, -0.15) is 0 Å². The van der Waals surface area contributed by atoms with E-state index in [1.807, 2.05) is 0 Å². The molecule has 0 radical (unpaired) electrons. The molecular weight excluding hydrogens is 186 g/mol. The van der Waals surface area contributed by atoms with Crippen LogP contribution in [0.2, 0.25) is 0 Å². The first-order chi connectivity index (χ1) is 7.09. The third-order valence-corrected chi connectivity index (χ3v) is 3.18. The molecule has 15 heavy (non-hydrogen) atoms. The van der Waals surface area contributed by atoms with Gasteiger partial charge in [-0.3, -0.25) is 0 Å². The third-order valence-electron chi connectivity index (χ3n) is 3.18. The number of likely N-dealkylation sites (N-methyl/N-ethyl adjacent to an activating group) is 1. The van der Waals surface area contributed by atoms with E-state index >= 15 is 0 Å². The Kier molecular flexibility index (Phi) is 5.58. The van der Waals surface area contributed by atoms with Crippen LogP contribution in [0.5, 0.6) is 0 Å². The van der Waals surface area contributed by atoms with E-state index in [0.29, 0.717) is 12.1 Å². The van der Waals surface area contributed by atoms with Gasteiger partial charge in [-0.15, -0.1) is 0 Å². The van der Waals surface area contributed by atoms with Crippen molar-refractivity contribution in [2.45, 2.75) is 38.8 Å². The van der Waals surface area contributed by atoms with Crippen LogP contribution in [0.25, 0.3) is 0 Å². The zero-order valence-corrected chi connectivity index (χ0v) is 10.7. The maximum absolute atomic E-state index is 3.66. The number of nitrogens with zero attached hydrogens (tertiary/aromatic N) is 1. The van der Waals surface area contributed by atoms with Gasteiger partial charge in [-0.25, -0.2) is 0 Å².